The molecule has 0 aliphatic rings. The van der Waals surface area contributed by atoms with Crippen LogP contribution in [-0.4, -0.2) is 37.5 Å². The van der Waals surface area contributed by atoms with Crippen LogP contribution in [0.15, 0.2) is 21.5 Å². The highest BCUT2D eigenvalue weighted by molar-refractivity contribution is 9.10. The summed E-state index contributed by atoms with van der Waals surface area (Å²) in [4.78, 5) is -0.135. The maximum atomic E-state index is 13.2. The van der Waals surface area contributed by atoms with Gasteiger partial charge in [0.05, 0.1) is 17.2 Å². The lowest BCUT2D eigenvalue weighted by atomic mass is 10.3. The number of hydrogen-bond acceptors (Lipinski definition) is 4. The van der Waals surface area contributed by atoms with Crippen molar-refractivity contribution in [1.82, 2.24) is 4.31 Å². The van der Waals surface area contributed by atoms with E-state index < -0.39 is 21.9 Å². The van der Waals surface area contributed by atoms with E-state index in [0.29, 0.717) is 0 Å². The Morgan fingerprint density at radius 2 is 2.11 bits per heavy atom. The molecule has 0 fully saturated rings. The number of hydrogen-bond donors (Lipinski definition) is 2. The zero-order valence-corrected chi connectivity index (χ0v) is 12.3. The van der Waals surface area contributed by atoms with Crippen LogP contribution in [0, 0.1) is 5.82 Å². The normalized spacial score (nSPS) is 13.9. The number of aliphatic hydroxyl groups excluding tert-OH is 1. The third-order valence-electron chi connectivity index (χ3n) is 2.59. The van der Waals surface area contributed by atoms with Gasteiger partial charge in [-0.1, -0.05) is 0 Å². The predicted octanol–water partition coefficient (Wildman–Crippen LogP) is 1.17. The summed E-state index contributed by atoms with van der Waals surface area (Å²) in [6.07, 6.45) is 0. The van der Waals surface area contributed by atoms with Gasteiger partial charge in [-0.15, -0.1) is 0 Å². The summed E-state index contributed by atoms with van der Waals surface area (Å²) in [5.74, 6) is -0.696. The fourth-order valence-corrected chi connectivity index (χ4v) is 3.61. The van der Waals surface area contributed by atoms with Crippen LogP contribution in [0.2, 0.25) is 0 Å². The highest BCUT2D eigenvalue weighted by Gasteiger charge is 2.27. The third kappa shape index (κ3) is 2.82. The molecule has 1 aromatic carbocycles. The Balaban J connectivity index is 3.33. The number of nitrogen functional groups attached to an aromatic ring is 1. The van der Waals surface area contributed by atoms with Gasteiger partial charge in [0.2, 0.25) is 10.0 Å². The monoisotopic (exact) mass is 340 g/mol. The number of nitrogens with zero attached hydrogens (tertiary/aromatic N) is 1. The van der Waals surface area contributed by atoms with E-state index in [1.54, 1.807) is 6.92 Å². The van der Waals surface area contributed by atoms with E-state index in [2.05, 4.69) is 15.9 Å². The van der Waals surface area contributed by atoms with Crippen molar-refractivity contribution in [3.05, 3.63) is 22.4 Å². The van der Waals surface area contributed by atoms with Crippen molar-refractivity contribution in [2.45, 2.75) is 17.9 Å². The Bertz CT molecular complexity index is 550. The van der Waals surface area contributed by atoms with E-state index in [1.807, 2.05) is 0 Å². The van der Waals surface area contributed by atoms with Crippen molar-refractivity contribution in [1.29, 1.82) is 0 Å². The summed E-state index contributed by atoms with van der Waals surface area (Å²) < 4.78 is 38.7. The maximum absolute atomic E-state index is 13.2. The quantitative estimate of drug-likeness (QED) is 0.806. The first-order valence-electron chi connectivity index (χ1n) is 5.05. The van der Waals surface area contributed by atoms with E-state index in [1.165, 1.54) is 7.05 Å². The number of rotatable bonds is 4. The number of anilines is 1. The van der Waals surface area contributed by atoms with Crippen molar-refractivity contribution in [3.8, 4) is 0 Å². The van der Waals surface area contributed by atoms with Crippen LogP contribution in [0.25, 0.3) is 0 Å². The molecule has 0 radical (unpaired) electrons. The number of likely N-dealkylation sites (N-methyl/N-ethyl adjacent to an activating group) is 1. The van der Waals surface area contributed by atoms with Gasteiger partial charge in [0, 0.05) is 17.6 Å². The van der Waals surface area contributed by atoms with E-state index in [9.17, 15) is 12.8 Å². The minimum Gasteiger partial charge on any atom is -0.396 e. The number of nitrogens with two attached hydrogens (primary N) is 1. The van der Waals surface area contributed by atoms with Crippen LogP contribution in [0.3, 0.4) is 0 Å². The molecule has 0 amide bonds. The highest BCUT2D eigenvalue weighted by Crippen LogP contribution is 2.29. The van der Waals surface area contributed by atoms with Gasteiger partial charge in [-0.25, -0.2) is 12.8 Å². The Kier molecular flexibility index (Phi) is 4.71. The van der Waals surface area contributed by atoms with Crippen LogP contribution in [-0.2, 0) is 10.0 Å². The second-order valence-corrected chi connectivity index (χ2v) is 6.68. The first-order chi connectivity index (χ1) is 8.21. The molecule has 0 saturated carbocycles. The zero-order chi connectivity index (χ0) is 14.1. The smallest absolute Gasteiger partial charge is 0.244 e. The summed E-state index contributed by atoms with van der Waals surface area (Å²) in [5, 5.41) is 8.98. The molecule has 0 aliphatic carbocycles. The molecule has 0 saturated heterocycles. The first-order valence-corrected chi connectivity index (χ1v) is 7.28. The van der Waals surface area contributed by atoms with E-state index in [0.717, 1.165) is 16.4 Å². The second kappa shape index (κ2) is 5.52. The standard InChI is InChI=1S/C10H14BrFN2O3S/c1-6(5-15)14(2)18(16,17)10-4-9(13)8(12)3-7(10)11/h3-4,6,15H,5,13H2,1-2H3. The van der Waals surface area contributed by atoms with Crippen molar-refractivity contribution >= 4 is 31.6 Å². The number of benzene rings is 1. The van der Waals surface area contributed by atoms with Gasteiger partial charge < -0.3 is 10.8 Å². The van der Waals surface area contributed by atoms with Crippen molar-refractivity contribution in [3.63, 3.8) is 0 Å². The molecular formula is C10H14BrFN2O3S. The van der Waals surface area contributed by atoms with Gasteiger partial charge in [-0.2, -0.15) is 4.31 Å². The SMILES string of the molecule is CC(CO)N(C)S(=O)(=O)c1cc(N)c(F)cc1Br. The predicted molar refractivity (Wildman–Crippen MR) is 70.0 cm³/mol. The molecular weight excluding hydrogens is 327 g/mol. The largest absolute Gasteiger partial charge is 0.396 e. The molecule has 0 spiro atoms. The molecule has 8 heteroatoms. The van der Waals surface area contributed by atoms with E-state index in [-0.39, 0.29) is 21.7 Å². The van der Waals surface area contributed by atoms with Crippen molar-refractivity contribution in [2.75, 3.05) is 19.4 Å². The summed E-state index contributed by atoms with van der Waals surface area (Å²) in [6.45, 7) is 1.24. The molecule has 1 rings (SSSR count). The minimum absolute atomic E-state index is 0.0891. The molecule has 1 atom stereocenters. The summed E-state index contributed by atoms with van der Waals surface area (Å²) >= 11 is 2.99. The number of aliphatic hydroxyl groups is 1. The summed E-state index contributed by atoms with van der Waals surface area (Å²) in [5.41, 5.74) is 5.12. The maximum Gasteiger partial charge on any atom is 0.244 e. The number of sulfonamides is 1. The molecule has 102 valence electrons. The Morgan fingerprint density at radius 1 is 1.56 bits per heavy atom. The summed E-state index contributed by atoms with van der Waals surface area (Å²) in [7, 11) is -2.50. The molecule has 0 aliphatic heterocycles. The van der Waals surface area contributed by atoms with Crippen molar-refractivity contribution < 1.29 is 17.9 Å². The lowest BCUT2D eigenvalue weighted by Gasteiger charge is -2.23. The average Bonchev–Trinajstić information content (AvgIpc) is 2.31. The lowest BCUT2D eigenvalue weighted by Crippen LogP contribution is -2.37. The molecule has 0 heterocycles. The average molecular weight is 341 g/mol. The van der Waals surface area contributed by atoms with E-state index >= 15 is 0 Å². The van der Waals surface area contributed by atoms with Gasteiger partial charge >= 0.3 is 0 Å². The topological polar surface area (TPSA) is 83.6 Å². The van der Waals surface area contributed by atoms with Crippen molar-refractivity contribution in [2.24, 2.45) is 0 Å². The molecule has 0 aromatic heterocycles. The van der Waals surface area contributed by atoms with Gasteiger partial charge in [0.25, 0.3) is 0 Å². The van der Waals surface area contributed by atoms with Crippen LogP contribution in [0.1, 0.15) is 6.92 Å². The molecule has 3 N–H and O–H groups in total. The van der Waals surface area contributed by atoms with Gasteiger partial charge in [0.15, 0.2) is 0 Å². The molecule has 18 heavy (non-hydrogen) atoms. The van der Waals surface area contributed by atoms with Crippen LogP contribution < -0.4 is 5.73 Å². The first kappa shape index (κ1) is 15.4. The fraction of sp³-hybridized carbons (Fsp3) is 0.400. The lowest BCUT2D eigenvalue weighted by molar-refractivity contribution is 0.214. The van der Waals surface area contributed by atoms with Crippen LogP contribution in [0.5, 0.6) is 0 Å². The Labute approximate surface area is 114 Å². The van der Waals surface area contributed by atoms with Gasteiger partial charge in [0.1, 0.15) is 5.82 Å². The second-order valence-electron chi connectivity index (χ2n) is 3.86. The van der Waals surface area contributed by atoms with Crippen LogP contribution >= 0.6 is 15.9 Å². The molecule has 5 nitrogen and oxygen atoms in total. The van der Waals surface area contributed by atoms with E-state index in [4.69, 9.17) is 10.8 Å². The zero-order valence-electron chi connectivity index (χ0n) is 9.89. The minimum atomic E-state index is -3.84. The van der Waals surface area contributed by atoms with Crippen LogP contribution in [0.4, 0.5) is 10.1 Å². The Hall–Kier alpha value is -0.700. The number of halogens is 2. The fourth-order valence-electron chi connectivity index (χ4n) is 1.25. The van der Waals surface area contributed by atoms with Gasteiger partial charge in [-0.3, -0.25) is 0 Å². The molecule has 1 aromatic rings. The van der Waals surface area contributed by atoms with Gasteiger partial charge in [-0.05, 0) is 35.0 Å². The molecule has 1 unspecified atom stereocenters. The molecule has 0 bridgehead atoms. The highest BCUT2D eigenvalue weighted by atomic mass is 79.9. The third-order valence-corrected chi connectivity index (χ3v) is 5.52. The Morgan fingerprint density at radius 3 is 2.61 bits per heavy atom. The summed E-state index contributed by atoms with van der Waals surface area (Å²) in [6, 6.07) is 1.46.